The van der Waals surface area contributed by atoms with Crippen molar-refractivity contribution in [2.75, 3.05) is 5.84 Å². The van der Waals surface area contributed by atoms with Crippen LogP contribution in [0.4, 0.5) is 4.79 Å². The van der Waals surface area contributed by atoms with E-state index in [4.69, 9.17) is 5.84 Å². The zero-order valence-electron chi connectivity index (χ0n) is 11.3. The van der Waals surface area contributed by atoms with E-state index in [9.17, 15) is 9.59 Å². The fourth-order valence-corrected chi connectivity index (χ4v) is 1.54. The fourth-order valence-electron chi connectivity index (χ4n) is 1.54. The van der Waals surface area contributed by atoms with Gasteiger partial charge in [-0.15, -0.1) is 9.78 Å². The van der Waals surface area contributed by atoms with Gasteiger partial charge >= 0.3 is 11.7 Å². The molecule has 0 aliphatic heterocycles. The van der Waals surface area contributed by atoms with Gasteiger partial charge in [-0.05, 0) is 32.6 Å². The zero-order valence-corrected chi connectivity index (χ0v) is 11.3. The number of aromatic nitrogens is 3. The molecule has 0 aliphatic carbocycles. The molecule has 1 aromatic rings. The van der Waals surface area contributed by atoms with E-state index < -0.39 is 11.7 Å². The molecule has 7 heteroatoms. The number of nitrogens with zero attached hydrogens (tertiary/aromatic N) is 3. The van der Waals surface area contributed by atoms with Crippen LogP contribution in [0.2, 0.25) is 0 Å². The van der Waals surface area contributed by atoms with Gasteiger partial charge in [0.15, 0.2) is 5.82 Å². The Morgan fingerprint density at radius 2 is 2.00 bits per heavy atom. The summed E-state index contributed by atoms with van der Waals surface area (Å²) in [7, 11) is 0. The molecule has 1 rings (SSSR count). The number of hydrogen-bond donors (Lipinski definition) is 2. The van der Waals surface area contributed by atoms with Gasteiger partial charge in [0.2, 0.25) is 0 Å². The Kier molecular flexibility index (Phi) is 4.52. The third-order valence-electron chi connectivity index (χ3n) is 2.72. The maximum Gasteiger partial charge on any atom is 0.373 e. The quantitative estimate of drug-likeness (QED) is 0.764. The second-order valence-electron chi connectivity index (χ2n) is 4.93. The van der Waals surface area contributed by atoms with Crippen molar-refractivity contribution in [3.8, 4) is 0 Å². The molecule has 1 amide bonds. The van der Waals surface area contributed by atoms with Crippen molar-refractivity contribution < 1.29 is 4.79 Å². The largest absolute Gasteiger partial charge is 0.373 e. The van der Waals surface area contributed by atoms with Gasteiger partial charge in [0, 0.05) is 6.04 Å². The molecule has 18 heavy (non-hydrogen) atoms. The van der Waals surface area contributed by atoms with Gasteiger partial charge < -0.3 is 11.2 Å². The summed E-state index contributed by atoms with van der Waals surface area (Å²) in [6.45, 7) is 7.71. The van der Waals surface area contributed by atoms with Crippen LogP contribution in [-0.4, -0.2) is 26.5 Å². The van der Waals surface area contributed by atoms with Crippen molar-refractivity contribution in [2.24, 2.45) is 5.92 Å². The lowest BCUT2D eigenvalue weighted by Crippen LogP contribution is -2.42. The second kappa shape index (κ2) is 5.70. The van der Waals surface area contributed by atoms with Crippen LogP contribution >= 0.6 is 0 Å². The van der Waals surface area contributed by atoms with E-state index in [1.165, 1.54) is 0 Å². The summed E-state index contributed by atoms with van der Waals surface area (Å²) in [4.78, 5) is 23.4. The van der Waals surface area contributed by atoms with Crippen LogP contribution in [0.5, 0.6) is 0 Å². The van der Waals surface area contributed by atoms with Gasteiger partial charge in [0.25, 0.3) is 0 Å². The highest BCUT2D eigenvalue weighted by Gasteiger charge is 2.16. The normalized spacial score (nSPS) is 12.7. The van der Waals surface area contributed by atoms with E-state index in [2.05, 4.69) is 24.3 Å². The van der Waals surface area contributed by atoms with Crippen LogP contribution in [-0.2, 0) is 0 Å². The molecule has 0 aliphatic rings. The first-order valence-electron chi connectivity index (χ1n) is 6.07. The summed E-state index contributed by atoms with van der Waals surface area (Å²) >= 11 is 0. The fraction of sp³-hybridized carbons (Fsp3) is 0.727. The summed E-state index contributed by atoms with van der Waals surface area (Å²) in [6.07, 6.45) is 1.88. The molecule has 0 fully saturated rings. The smallest absolute Gasteiger partial charge is 0.334 e. The van der Waals surface area contributed by atoms with Gasteiger partial charge in [0.05, 0.1) is 0 Å². The Labute approximate surface area is 106 Å². The van der Waals surface area contributed by atoms with Gasteiger partial charge in [-0.25, -0.2) is 9.59 Å². The van der Waals surface area contributed by atoms with Gasteiger partial charge in [0.1, 0.15) is 0 Å². The average molecular weight is 255 g/mol. The number of aryl methyl sites for hydroxylation is 1. The average Bonchev–Trinajstić information content (AvgIpc) is 2.54. The minimum Gasteiger partial charge on any atom is -0.334 e. The van der Waals surface area contributed by atoms with E-state index in [1.54, 1.807) is 6.92 Å². The molecular formula is C11H21N5O2. The molecule has 0 bridgehead atoms. The third kappa shape index (κ3) is 3.35. The molecule has 1 heterocycles. The maximum absolute atomic E-state index is 11.8. The number of carbonyl (C=O) groups is 1. The first-order valence-corrected chi connectivity index (χ1v) is 6.07. The minimum absolute atomic E-state index is 0.00460. The van der Waals surface area contributed by atoms with Crippen molar-refractivity contribution in [2.45, 2.75) is 46.6 Å². The lowest BCUT2D eigenvalue weighted by Gasteiger charge is -2.14. The number of nitrogens with one attached hydrogen (secondary N) is 1. The second-order valence-corrected chi connectivity index (χ2v) is 4.93. The topological polar surface area (TPSA) is 94.9 Å². The Bertz CT molecular complexity index is 474. The van der Waals surface area contributed by atoms with Crippen molar-refractivity contribution in [1.82, 2.24) is 19.8 Å². The first-order chi connectivity index (χ1) is 8.32. The number of hydrogen-bond acceptors (Lipinski definition) is 4. The van der Waals surface area contributed by atoms with Crippen molar-refractivity contribution >= 4 is 6.03 Å². The molecule has 0 aromatic carbocycles. The van der Waals surface area contributed by atoms with E-state index in [1.807, 2.05) is 6.92 Å². The minimum atomic E-state index is -0.638. The molecule has 1 aromatic heterocycles. The van der Waals surface area contributed by atoms with Gasteiger partial charge in [-0.1, -0.05) is 13.8 Å². The standard InChI is InChI=1S/C11H21N5O2/c1-7(2)5-6-8(3)13-10(17)16-11(18)15(12)9(4)14-16/h7-8H,5-6,12H2,1-4H3,(H,13,17). The monoisotopic (exact) mass is 255 g/mol. The number of carbonyl (C=O) groups excluding carboxylic acids is 1. The molecule has 0 spiro atoms. The van der Waals surface area contributed by atoms with Gasteiger partial charge in [-0.3, -0.25) is 0 Å². The van der Waals surface area contributed by atoms with E-state index in [0.717, 1.165) is 22.2 Å². The van der Waals surface area contributed by atoms with E-state index >= 15 is 0 Å². The van der Waals surface area contributed by atoms with Crippen molar-refractivity contribution in [1.29, 1.82) is 0 Å². The molecule has 0 saturated carbocycles. The van der Waals surface area contributed by atoms with Crippen LogP contribution < -0.4 is 16.8 Å². The predicted octanol–water partition coefficient (Wildman–Crippen LogP) is 0.449. The Morgan fingerprint density at radius 3 is 2.44 bits per heavy atom. The van der Waals surface area contributed by atoms with Crippen LogP contribution in [0, 0.1) is 12.8 Å². The molecular weight excluding hydrogens is 234 g/mol. The highest BCUT2D eigenvalue weighted by molar-refractivity contribution is 5.75. The number of rotatable bonds is 4. The number of nitrogens with two attached hydrogens (primary N) is 1. The van der Waals surface area contributed by atoms with Crippen LogP contribution in [0.25, 0.3) is 0 Å². The molecule has 0 radical (unpaired) electrons. The molecule has 7 nitrogen and oxygen atoms in total. The Hall–Kier alpha value is -1.79. The lowest BCUT2D eigenvalue weighted by atomic mass is 10.0. The highest BCUT2D eigenvalue weighted by atomic mass is 16.2. The molecule has 3 N–H and O–H groups in total. The first kappa shape index (κ1) is 14.3. The van der Waals surface area contributed by atoms with Crippen LogP contribution in [0.15, 0.2) is 4.79 Å². The van der Waals surface area contributed by atoms with E-state index in [0.29, 0.717) is 11.7 Å². The summed E-state index contributed by atoms with van der Waals surface area (Å²) in [5.74, 6) is 6.29. The molecule has 102 valence electrons. The lowest BCUT2D eigenvalue weighted by molar-refractivity contribution is 0.234. The maximum atomic E-state index is 11.8. The molecule has 0 saturated heterocycles. The third-order valence-corrected chi connectivity index (χ3v) is 2.72. The zero-order chi connectivity index (χ0) is 13.9. The van der Waals surface area contributed by atoms with E-state index in [-0.39, 0.29) is 6.04 Å². The van der Waals surface area contributed by atoms with Crippen molar-refractivity contribution in [3.63, 3.8) is 0 Å². The van der Waals surface area contributed by atoms with Crippen LogP contribution in [0.3, 0.4) is 0 Å². The summed E-state index contributed by atoms with van der Waals surface area (Å²) in [5.41, 5.74) is -0.638. The summed E-state index contributed by atoms with van der Waals surface area (Å²) in [6, 6.07) is -0.543. The number of amides is 1. The predicted molar refractivity (Wildman–Crippen MR) is 68.8 cm³/mol. The summed E-state index contributed by atoms with van der Waals surface area (Å²) < 4.78 is 1.60. The Balaban J connectivity index is 2.65. The Morgan fingerprint density at radius 1 is 1.39 bits per heavy atom. The summed E-state index contributed by atoms with van der Waals surface area (Å²) in [5, 5.41) is 6.51. The highest BCUT2D eigenvalue weighted by Crippen LogP contribution is 2.06. The molecule has 1 unspecified atom stereocenters. The molecule has 1 atom stereocenters. The SMILES string of the molecule is Cc1nn(C(=O)NC(C)CCC(C)C)c(=O)n1N. The van der Waals surface area contributed by atoms with Crippen molar-refractivity contribution in [3.05, 3.63) is 16.3 Å². The number of nitrogen functional groups attached to an aromatic ring is 1. The van der Waals surface area contributed by atoms with Crippen LogP contribution in [0.1, 0.15) is 39.4 Å². The van der Waals surface area contributed by atoms with Gasteiger partial charge in [-0.2, -0.15) is 4.68 Å².